The van der Waals surface area contributed by atoms with Gasteiger partial charge >= 0.3 is 0 Å². The molecule has 0 radical (unpaired) electrons. The van der Waals surface area contributed by atoms with Gasteiger partial charge in [-0.05, 0) is 39.7 Å². The van der Waals surface area contributed by atoms with E-state index in [0.29, 0.717) is 4.90 Å². The molecule has 2 rings (SSSR count). The van der Waals surface area contributed by atoms with Crippen LogP contribution >= 0.6 is 27.7 Å². The highest BCUT2D eigenvalue weighted by molar-refractivity contribution is 9.10. The number of aliphatic hydroxyl groups is 1. The largest absolute Gasteiger partial charge is 0.392 e. The fraction of sp³-hybridized carbons (Fsp3) is 0.0769. The molecule has 0 fully saturated rings. The maximum absolute atomic E-state index is 13.4. The normalized spacial score (nSPS) is 10.6. The predicted octanol–water partition coefficient (Wildman–Crippen LogP) is 4.14. The molecular weight excluding hydrogens is 349 g/mol. The van der Waals surface area contributed by atoms with Gasteiger partial charge in [-0.25, -0.2) is 4.39 Å². The van der Waals surface area contributed by atoms with E-state index < -0.39 is 10.7 Å². The Labute approximate surface area is 126 Å². The van der Waals surface area contributed by atoms with E-state index in [1.807, 2.05) is 0 Å². The Morgan fingerprint density at radius 2 is 1.95 bits per heavy atom. The summed E-state index contributed by atoms with van der Waals surface area (Å²) in [7, 11) is 0. The zero-order valence-corrected chi connectivity index (χ0v) is 12.4. The van der Waals surface area contributed by atoms with Gasteiger partial charge in [-0.1, -0.05) is 23.9 Å². The summed E-state index contributed by atoms with van der Waals surface area (Å²) in [5, 5.41) is 19.9. The third-order valence-corrected chi connectivity index (χ3v) is 4.19. The van der Waals surface area contributed by atoms with Crippen LogP contribution < -0.4 is 0 Å². The van der Waals surface area contributed by atoms with E-state index >= 15 is 0 Å². The second-order valence-electron chi connectivity index (χ2n) is 3.90. The highest BCUT2D eigenvalue weighted by Gasteiger charge is 2.18. The van der Waals surface area contributed by atoms with Crippen LogP contribution in [0.5, 0.6) is 0 Å². The zero-order chi connectivity index (χ0) is 14.7. The minimum Gasteiger partial charge on any atom is -0.392 e. The highest BCUT2D eigenvalue weighted by Crippen LogP contribution is 2.37. The molecule has 0 aliphatic heterocycles. The average molecular weight is 358 g/mol. The van der Waals surface area contributed by atoms with Crippen molar-refractivity contribution in [2.75, 3.05) is 0 Å². The first kappa shape index (κ1) is 15.0. The van der Waals surface area contributed by atoms with Gasteiger partial charge in [0.25, 0.3) is 5.69 Å². The predicted molar refractivity (Wildman–Crippen MR) is 77.2 cm³/mol. The number of rotatable bonds is 4. The van der Waals surface area contributed by atoms with Crippen LogP contribution in [0.1, 0.15) is 5.56 Å². The van der Waals surface area contributed by atoms with E-state index in [4.69, 9.17) is 5.11 Å². The lowest BCUT2D eigenvalue weighted by Crippen LogP contribution is -1.93. The van der Waals surface area contributed by atoms with Gasteiger partial charge in [0.1, 0.15) is 5.82 Å². The molecule has 0 aliphatic rings. The molecule has 0 aromatic heterocycles. The molecule has 4 nitrogen and oxygen atoms in total. The Hall–Kier alpha value is -1.44. The first-order chi connectivity index (χ1) is 9.51. The van der Waals surface area contributed by atoms with Crippen molar-refractivity contribution in [1.82, 2.24) is 0 Å². The van der Waals surface area contributed by atoms with Crippen molar-refractivity contribution in [2.24, 2.45) is 0 Å². The van der Waals surface area contributed by atoms with E-state index in [0.717, 1.165) is 28.3 Å². The van der Waals surface area contributed by atoms with Crippen molar-refractivity contribution in [3.05, 3.63) is 62.4 Å². The standard InChI is InChI=1S/C13H9BrFNO3S/c14-10-5-13(12(16(18)19)6-11(10)15)20-9-3-1-8(7-17)2-4-9/h1-6,17H,7H2. The third-order valence-electron chi connectivity index (χ3n) is 2.53. The number of halogens is 2. The third kappa shape index (κ3) is 3.36. The first-order valence-electron chi connectivity index (χ1n) is 5.52. The molecule has 104 valence electrons. The topological polar surface area (TPSA) is 63.4 Å². The van der Waals surface area contributed by atoms with E-state index in [1.165, 1.54) is 6.07 Å². The quantitative estimate of drug-likeness (QED) is 0.659. The van der Waals surface area contributed by atoms with Gasteiger partial charge in [-0.3, -0.25) is 10.1 Å². The second kappa shape index (κ2) is 6.34. The molecule has 2 aromatic carbocycles. The zero-order valence-electron chi connectivity index (χ0n) is 10.0. The van der Waals surface area contributed by atoms with Crippen LogP contribution in [0, 0.1) is 15.9 Å². The SMILES string of the molecule is O=[N+]([O-])c1cc(F)c(Br)cc1Sc1ccc(CO)cc1. The first-order valence-corrected chi connectivity index (χ1v) is 7.13. The molecule has 7 heteroatoms. The number of hydrogen-bond acceptors (Lipinski definition) is 4. The Morgan fingerprint density at radius 3 is 2.50 bits per heavy atom. The number of nitro groups is 1. The molecule has 0 heterocycles. The Balaban J connectivity index is 2.36. The summed E-state index contributed by atoms with van der Waals surface area (Å²) in [6, 6.07) is 9.24. The Morgan fingerprint density at radius 1 is 1.30 bits per heavy atom. The summed E-state index contributed by atoms with van der Waals surface area (Å²) in [6.07, 6.45) is 0. The monoisotopic (exact) mass is 357 g/mol. The maximum Gasteiger partial charge on any atom is 0.286 e. The van der Waals surface area contributed by atoms with Crippen molar-refractivity contribution >= 4 is 33.4 Å². The summed E-state index contributed by atoms with van der Waals surface area (Å²) in [5.74, 6) is -0.670. The van der Waals surface area contributed by atoms with E-state index in [-0.39, 0.29) is 16.8 Å². The highest BCUT2D eigenvalue weighted by atomic mass is 79.9. The van der Waals surface area contributed by atoms with Crippen molar-refractivity contribution in [3.8, 4) is 0 Å². The van der Waals surface area contributed by atoms with Crippen molar-refractivity contribution in [1.29, 1.82) is 0 Å². The van der Waals surface area contributed by atoms with Crippen molar-refractivity contribution < 1.29 is 14.4 Å². The van der Waals surface area contributed by atoms with Crippen LogP contribution in [0.4, 0.5) is 10.1 Å². The Kier molecular flexibility index (Phi) is 4.74. The molecule has 0 spiro atoms. The molecule has 0 saturated heterocycles. The van der Waals surface area contributed by atoms with Crippen LogP contribution in [-0.4, -0.2) is 10.0 Å². The van der Waals surface area contributed by atoms with Gasteiger partial charge in [-0.15, -0.1) is 0 Å². The number of aliphatic hydroxyl groups excluding tert-OH is 1. The number of nitrogens with zero attached hydrogens (tertiary/aromatic N) is 1. The van der Waals surface area contributed by atoms with Gasteiger partial charge < -0.3 is 5.11 Å². The summed E-state index contributed by atoms with van der Waals surface area (Å²) >= 11 is 4.19. The molecule has 0 amide bonds. The van der Waals surface area contributed by atoms with Gasteiger partial charge in [0.15, 0.2) is 0 Å². The van der Waals surface area contributed by atoms with Crippen LogP contribution in [0.15, 0.2) is 50.7 Å². The van der Waals surface area contributed by atoms with Crippen molar-refractivity contribution in [2.45, 2.75) is 16.4 Å². The Bertz CT molecular complexity index is 649. The fourth-order valence-corrected chi connectivity index (χ4v) is 2.97. The lowest BCUT2D eigenvalue weighted by atomic mass is 10.2. The number of benzene rings is 2. The maximum atomic E-state index is 13.4. The van der Waals surface area contributed by atoms with Crippen molar-refractivity contribution in [3.63, 3.8) is 0 Å². The van der Waals surface area contributed by atoms with Crippen LogP contribution in [0.3, 0.4) is 0 Å². The molecule has 0 saturated carbocycles. The lowest BCUT2D eigenvalue weighted by Gasteiger charge is -2.05. The minimum atomic E-state index is -0.670. The fourth-order valence-electron chi connectivity index (χ4n) is 1.53. The molecule has 20 heavy (non-hydrogen) atoms. The lowest BCUT2D eigenvalue weighted by molar-refractivity contribution is -0.387. The summed E-state index contributed by atoms with van der Waals surface area (Å²) < 4.78 is 13.5. The van der Waals surface area contributed by atoms with Crippen LogP contribution in [0.25, 0.3) is 0 Å². The van der Waals surface area contributed by atoms with Gasteiger partial charge in [0.05, 0.1) is 27.0 Å². The molecule has 0 aliphatic carbocycles. The molecule has 2 aromatic rings. The van der Waals surface area contributed by atoms with Gasteiger partial charge in [-0.2, -0.15) is 0 Å². The van der Waals surface area contributed by atoms with E-state index in [2.05, 4.69) is 15.9 Å². The molecule has 0 atom stereocenters. The molecular formula is C13H9BrFNO3S. The van der Waals surface area contributed by atoms with E-state index in [1.54, 1.807) is 24.3 Å². The molecule has 0 bridgehead atoms. The summed E-state index contributed by atoms with van der Waals surface area (Å²) in [5.41, 5.74) is 0.478. The molecule has 1 N–H and O–H groups in total. The summed E-state index contributed by atoms with van der Waals surface area (Å²) in [6.45, 7) is -0.0623. The van der Waals surface area contributed by atoms with Gasteiger partial charge in [0.2, 0.25) is 0 Å². The second-order valence-corrected chi connectivity index (χ2v) is 5.86. The number of nitro benzene ring substituents is 1. The van der Waals surface area contributed by atoms with Crippen LogP contribution in [0.2, 0.25) is 0 Å². The minimum absolute atomic E-state index is 0.0623. The molecule has 0 unspecified atom stereocenters. The smallest absolute Gasteiger partial charge is 0.286 e. The average Bonchev–Trinajstić information content (AvgIpc) is 2.43. The van der Waals surface area contributed by atoms with Crippen LogP contribution in [-0.2, 0) is 6.61 Å². The summed E-state index contributed by atoms with van der Waals surface area (Å²) in [4.78, 5) is 11.5. The number of hydrogen-bond donors (Lipinski definition) is 1. The van der Waals surface area contributed by atoms with E-state index in [9.17, 15) is 14.5 Å². The van der Waals surface area contributed by atoms with Gasteiger partial charge in [0, 0.05) is 4.90 Å².